The average molecular weight is 294 g/mol. The van der Waals surface area contributed by atoms with Crippen LogP contribution < -0.4 is 0 Å². The number of carboxylic acids is 1. The second kappa shape index (κ2) is 4.32. The molecule has 1 aliphatic heterocycles. The molecule has 21 heavy (non-hydrogen) atoms. The fourth-order valence-electron chi connectivity index (χ4n) is 4.87. The van der Waals surface area contributed by atoms with E-state index >= 15 is 0 Å². The number of hydrogen-bond donors (Lipinski definition) is 2. The molecule has 1 heterocycles. The highest BCUT2D eigenvalue weighted by Gasteiger charge is 2.62. The van der Waals surface area contributed by atoms with Gasteiger partial charge in [-0.1, -0.05) is 25.5 Å². The lowest BCUT2D eigenvalue weighted by atomic mass is 9.46. The van der Waals surface area contributed by atoms with Gasteiger partial charge in [0.05, 0.1) is 11.8 Å². The first kappa shape index (κ1) is 14.6. The molecule has 1 saturated heterocycles. The highest BCUT2D eigenvalue weighted by Crippen LogP contribution is 2.61. The van der Waals surface area contributed by atoms with Crippen molar-refractivity contribution in [3.8, 4) is 0 Å². The van der Waals surface area contributed by atoms with E-state index in [0.717, 1.165) is 12.8 Å². The number of cyclic esters (lactones) is 1. The molecule has 3 aliphatic rings. The van der Waals surface area contributed by atoms with Gasteiger partial charge in [0.15, 0.2) is 0 Å². The van der Waals surface area contributed by atoms with Gasteiger partial charge in [-0.15, -0.1) is 0 Å². The number of aliphatic hydroxyl groups is 1. The van der Waals surface area contributed by atoms with Crippen molar-refractivity contribution in [1.82, 2.24) is 0 Å². The maximum Gasteiger partial charge on any atom is 0.309 e. The molecule has 0 spiro atoms. The van der Waals surface area contributed by atoms with Crippen molar-refractivity contribution >= 4 is 11.9 Å². The number of carbonyl (C=O) groups excluding carboxylic acids is 1. The zero-order valence-corrected chi connectivity index (χ0v) is 12.5. The molecule has 2 N–H and O–H groups in total. The quantitative estimate of drug-likeness (QED) is 0.568. The van der Waals surface area contributed by atoms with Crippen molar-refractivity contribution in [2.75, 3.05) is 6.61 Å². The van der Waals surface area contributed by atoms with E-state index in [1.165, 1.54) is 0 Å². The van der Waals surface area contributed by atoms with Crippen LogP contribution >= 0.6 is 0 Å². The Morgan fingerprint density at radius 3 is 2.76 bits per heavy atom. The third-order valence-corrected chi connectivity index (χ3v) is 6.11. The van der Waals surface area contributed by atoms with Gasteiger partial charge in [-0.2, -0.15) is 0 Å². The smallest absolute Gasteiger partial charge is 0.309 e. The SMILES string of the molecule is C[C@]12CCC[C@](C)(C(=O)O)[C@@H]1C=C[C@]1(O)COC(=O)C[C@H]21. The van der Waals surface area contributed by atoms with E-state index in [-0.39, 0.29) is 30.8 Å². The number of fused-ring (bicyclic) bond motifs is 3. The number of rotatable bonds is 1. The lowest BCUT2D eigenvalue weighted by Crippen LogP contribution is -2.61. The lowest BCUT2D eigenvalue weighted by molar-refractivity contribution is -0.193. The third-order valence-electron chi connectivity index (χ3n) is 6.11. The second-order valence-electron chi connectivity index (χ2n) is 7.33. The number of allylic oxidation sites excluding steroid dienone is 1. The van der Waals surface area contributed by atoms with Crippen LogP contribution in [0.1, 0.15) is 39.5 Å². The first-order chi connectivity index (χ1) is 9.72. The molecular weight excluding hydrogens is 272 g/mol. The monoisotopic (exact) mass is 294 g/mol. The Hall–Kier alpha value is -1.36. The summed E-state index contributed by atoms with van der Waals surface area (Å²) in [6, 6.07) is 0. The predicted molar refractivity (Wildman–Crippen MR) is 74.3 cm³/mol. The first-order valence-corrected chi connectivity index (χ1v) is 7.53. The summed E-state index contributed by atoms with van der Waals surface area (Å²) in [5.41, 5.74) is -2.39. The first-order valence-electron chi connectivity index (χ1n) is 7.53. The molecule has 0 bridgehead atoms. The summed E-state index contributed by atoms with van der Waals surface area (Å²) >= 11 is 0. The number of ether oxygens (including phenoxy) is 1. The molecule has 116 valence electrons. The molecule has 0 aromatic heterocycles. The minimum absolute atomic E-state index is 0.0287. The molecule has 0 aromatic carbocycles. The van der Waals surface area contributed by atoms with Crippen LogP contribution in [0.5, 0.6) is 0 Å². The maximum absolute atomic E-state index is 11.8. The molecule has 5 nitrogen and oxygen atoms in total. The van der Waals surface area contributed by atoms with E-state index in [9.17, 15) is 19.8 Å². The number of aliphatic carboxylic acids is 1. The van der Waals surface area contributed by atoms with Crippen LogP contribution in [0.4, 0.5) is 0 Å². The summed E-state index contributed by atoms with van der Waals surface area (Å²) in [7, 11) is 0. The summed E-state index contributed by atoms with van der Waals surface area (Å²) in [6.07, 6.45) is 5.93. The van der Waals surface area contributed by atoms with Gasteiger partial charge >= 0.3 is 11.9 Å². The van der Waals surface area contributed by atoms with E-state index in [1.807, 2.05) is 13.0 Å². The van der Waals surface area contributed by atoms with Crippen molar-refractivity contribution in [2.24, 2.45) is 22.7 Å². The van der Waals surface area contributed by atoms with Crippen LogP contribution in [-0.2, 0) is 14.3 Å². The number of carbonyl (C=O) groups is 2. The van der Waals surface area contributed by atoms with Gasteiger partial charge in [0.1, 0.15) is 12.2 Å². The van der Waals surface area contributed by atoms with Gasteiger partial charge in [-0.25, -0.2) is 0 Å². The number of carboxylic acid groups (broad SMARTS) is 1. The van der Waals surface area contributed by atoms with Gasteiger partial charge in [0.2, 0.25) is 0 Å². The Morgan fingerprint density at radius 2 is 2.10 bits per heavy atom. The highest BCUT2D eigenvalue weighted by atomic mass is 16.5. The van der Waals surface area contributed by atoms with Gasteiger partial charge in [-0.05, 0) is 31.1 Å². The van der Waals surface area contributed by atoms with Crippen molar-refractivity contribution in [3.05, 3.63) is 12.2 Å². The summed E-state index contributed by atoms with van der Waals surface area (Å²) in [4.78, 5) is 23.5. The van der Waals surface area contributed by atoms with Crippen molar-refractivity contribution < 1.29 is 24.5 Å². The number of hydrogen-bond acceptors (Lipinski definition) is 4. The van der Waals surface area contributed by atoms with E-state index in [1.54, 1.807) is 13.0 Å². The van der Waals surface area contributed by atoms with E-state index in [4.69, 9.17) is 4.74 Å². The fraction of sp³-hybridized carbons (Fsp3) is 0.750. The highest BCUT2D eigenvalue weighted by molar-refractivity contribution is 5.76. The van der Waals surface area contributed by atoms with E-state index < -0.39 is 22.4 Å². The predicted octanol–water partition coefficient (Wildman–Crippen LogP) is 1.75. The van der Waals surface area contributed by atoms with Crippen molar-refractivity contribution in [2.45, 2.75) is 45.1 Å². The minimum Gasteiger partial charge on any atom is -0.481 e. The van der Waals surface area contributed by atoms with E-state index in [0.29, 0.717) is 6.42 Å². The average Bonchev–Trinajstić information content (AvgIpc) is 2.40. The molecular formula is C16H22O5. The third kappa shape index (κ3) is 1.86. The number of esters is 1. The van der Waals surface area contributed by atoms with Gasteiger partial charge in [0.25, 0.3) is 0 Å². The van der Waals surface area contributed by atoms with Crippen LogP contribution in [0, 0.1) is 22.7 Å². The molecule has 2 fully saturated rings. The van der Waals surface area contributed by atoms with Crippen molar-refractivity contribution in [3.63, 3.8) is 0 Å². The Labute approximate surface area is 124 Å². The normalized spacial score (nSPS) is 49.0. The van der Waals surface area contributed by atoms with Crippen LogP contribution in [0.25, 0.3) is 0 Å². The van der Waals surface area contributed by atoms with Crippen LogP contribution in [0.2, 0.25) is 0 Å². The molecule has 0 aromatic rings. The van der Waals surface area contributed by atoms with Crippen LogP contribution in [-0.4, -0.2) is 34.4 Å². The summed E-state index contributed by atoms with van der Waals surface area (Å²) in [5.74, 6) is -1.55. The molecule has 5 heteroatoms. The molecule has 3 rings (SSSR count). The molecule has 5 atom stereocenters. The minimum atomic E-state index is -1.16. The second-order valence-corrected chi connectivity index (χ2v) is 7.33. The Balaban J connectivity index is 2.09. The van der Waals surface area contributed by atoms with Gasteiger partial charge in [-0.3, -0.25) is 9.59 Å². The molecule has 1 saturated carbocycles. The molecule has 0 unspecified atom stereocenters. The summed E-state index contributed by atoms with van der Waals surface area (Å²) < 4.78 is 5.02. The largest absolute Gasteiger partial charge is 0.481 e. The molecule has 2 aliphatic carbocycles. The molecule has 0 radical (unpaired) electrons. The Kier molecular flexibility index (Phi) is 3.00. The fourth-order valence-corrected chi connectivity index (χ4v) is 4.87. The van der Waals surface area contributed by atoms with Crippen LogP contribution in [0.15, 0.2) is 12.2 Å². The summed E-state index contributed by atoms with van der Waals surface area (Å²) in [6.45, 7) is 3.78. The zero-order valence-electron chi connectivity index (χ0n) is 12.5. The Bertz CT molecular complexity index is 527. The topological polar surface area (TPSA) is 83.8 Å². The van der Waals surface area contributed by atoms with E-state index in [2.05, 4.69) is 0 Å². The van der Waals surface area contributed by atoms with Gasteiger partial charge in [0, 0.05) is 5.92 Å². The Morgan fingerprint density at radius 1 is 1.38 bits per heavy atom. The molecule has 0 amide bonds. The maximum atomic E-state index is 11.8. The lowest BCUT2D eigenvalue weighted by Gasteiger charge is -2.59. The standard InChI is InChI=1S/C16H22O5/c1-14-5-3-6-15(2,13(18)19)10(14)4-7-16(20)9-21-12(17)8-11(14)16/h4,7,10-11,20H,3,5-6,8-9H2,1-2H3,(H,18,19)/t10-,11-,14+,15+,16+/m1/s1. The summed E-state index contributed by atoms with van der Waals surface area (Å²) in [5, 5.41) is 20.5. The van der Waals surface area contributed by atoms with Gasteiger partial charge < -0.3 is 14.9 Å². The van der Waals surface area contributed by atoms with Crippen molar-refractivity contribution in [1.29, 1.82) is 0 Å². The zero-order chi connectivity index (χ0) is 15.5. The van der Waals surface area contributed by atoms with Crippen LogP contribution in [0.3, 0.4) is 0 Å².